The number of ether oxygens (including phenoxy) is 1. The number of carbonyl (C=O) groups is 1. The summed E-state index contributed by atoms with van der Waals surface area (Å²) in [6.45, 7) is 0. The Labute approximate surface area is 96.2 Å². The lowest BCUT2D eigenvalue weighted by molar-refractivity contribution is -0.385. The van der Waals surface area contributed by atoms with Gasteiger partial charge in [0.15, 0.2) is 6.29 Å². The van der Waals surface area contributed by atoms with Crippen molar-refractivity contribution < 1.29 is 22.9 Å². The molecule has 1 rings (SSSR count). The zero-order valence-corrected chi connectivity index (χ0v) is 9.43. The molecule has 0 radical (unpaired) electrons. The standard InChI is InChI=1S/C8H8N2O6S/c1-16-5-2-7(10(12)13)6(4-11)8(3-5)17(9,14)15/h2-4H,1H3,(H2,9,14,15). The van der Waals surface area contributed by atoms with Gasteiger partial charge in [-0.05, 0) is 0 Å². The van der Waals surface area contributed by atoms with E-state index in [1.807, 2.05) is 0 Å². The van der Waals surface area contributed by atoms with Crippen molar-refractivity contribution in [3.63, 3.8) is 0 Å². The van der Waals surface area contributed by atoms with Crippen LogP contribution in [-0.2, 0) is 10.0 Å². The molecule has 1 aromatic rings. The number of benzene rings is 1. The van der Waals surface area contributed by atoms with E-state index in [0.717, 1.165) is 12.1 Å². The highest BCUT2D eigenvalue weighted by molar-refractivity contribution is 7.89. The molecule has 0 bridgehead atoms. The molecule has 0 amide bonds. The van der Waals surface area contributed by atoms with Crippen molar-refractivity contribution >= 4 is 22.0 Å². The minimum absolute atomic E-state index is 0.0668. The number of carbonyl (C=O) groups excluding carboxylic acids is 1. The van der Waals surface area contributed by atoms with Crippen LogP contribution in [-0.4, -0.2) is 26.7 Å². The van der Waals surface area contributed by atoms with E-state index in [-0.39, 0.29) is 12.0 Å². The number of nitrogens with zero attached hydrogens (tertiary/aromatic N) is 1. The van der Waals surface area contributed by atoms with Crippen molar-refractivity contribution in [3.8, 4) is 5.75 Å². The first-order valence-corrected chi connectivity index (χ1v) is 5.70. The van der Waals surface area contributed by atoms with Gasteiger partial charge >= 0.3 is 0 Å². The Morgan fingerprint density at radius 1 is 1.47 bits per heavy atom. The fourth-order valence-corrected chi connectivity index (χ4v) is 1.95. The molecular weight excluding hydrogens is 252 g/mol. The third-order valence-corrected chi connectivity index (χ3v) is 2.90. The molecule has 0 spiro atoms. The third-order valence-electron chi connectivity index (χ3n) is 1.95. The highest BCUT2D eigenvalue weighted by Crippen LogP contribution is 2.29. The van der Waals surface area contributed by atoms with Crippen LogP contribution in [0.5, 0.6) is 5.75 Å². The molecule has 0 fully saturated rings. The molecule has 0 unspecified atom stereocenters. The summed E-state index contributed by atoms with van der Waals surface area (Å²) in [6, 6.07) is 1.89. The van der Waals surface area contributed by atoms with E-state index in [2.05, 4.69) is 0 Å². The number of sulfonamides is 1. The number of methoxy groups -OCH3 is 1. The van der Waals surface area contributed by atoms with E-state index in [1.165, 1.54) is 7.11 Å². The number of primary sulfonamides is 1. The number of nitro groups is 1. The van der Waals surface area contributed by atoms with Crippen molar-refractivity contribution in [1.82, 2.24) is 0 Å². The van der Waals surface area contributed by atoms with Gasteiger partial charge in [0.1, 0.15) is 16.2 Å². The first-order chi connectivity index (χ1) is 7.81. The zero-order valence-electron chi connectivity index (χ0n) is 8.61. The van der Waals surface area contributed by atoms with Gasteiger partial charge in [0.2, 0.25) is 10.0 Å². The number of hydrogen-bond donors (Lipinski definition) is 1. The number of hydrogen-bond acceptors (Lipinski definition) is 6. The van der Waals surface area contributed by atoms with Gasteiger partial charge in [-0.1, -0.05) is 0 Å². The van der Waals surface area contributed by atoms with Crippen molar-refractivity contribution in [2.75, 3.05) is 7.11 Å². The molecule has 0 aliphatic carbocycles. The van der Waals surface area contributed by atoms with Crippen LogP contribution in [0.25, 0.3) is 0 Å². The summed E-state index contributed by atoms with van der Waals surface area (Å²) in [5.74, 6) is -0.0775. The summed E-state index contributed by atoms with van der Waals surface area (Å²) < 4.78 is 27.1. The number of aldehydes is 1. The smallest absolute Gasteiger partial charge is 0.284 e. The van der Waals surface area contributed by atoms with Crippen molar-refractivity contribution in [2.24, 2.45) is 5.14 Å². The van der Waals surface area contributed by atoms with Crippen molar-refractivity contribution in [2.45, 2.75) is 4.90 Å². The molecule has 0 saturated carbocycles. The molecule has 0 aromatic heterocycles. The van der Waals surface area contributed by atoms with Gasteiger partial charge in [-0.3, -0.25) is 14.9 Å². The van der Waals surface area contributed by atoms with E-state index >= 15 is 0 Å². The lowest BCUT2D eigenvalue weighted by atomic mass is 10.2. The van der Waals surface area contributed by atoms with Crippen LogP contribution in [0.15, 0.2) is 17.0 Å². The largest absolute Gasteiger partial charge is 0.496 e. The average Bonchev–Trinajstić information content (AvgIpc) is 2.25. The van der Waals surface area contributed by atoms with E-state index < -0.39 is 31.1 Å². The Morgan fingerprint density at radius 2 is 2.06 bits per heavy atom. The van der Waals surface area contributed by atoms with Gasteiger partial charge in [-0.2, -0.15) is 0 Å². The van der Waals surface area contributed by atoms with Crippen LogP contribution in [0.3, 0.4) is 0 Å². The molecule has 92 valence electrons. The minimum Gasteiger partial charge on any atom is -0.496 e. The van der Waals surface area contributed by atoms with Gasteiger partial charge in [0, 0.05) is 6.07 Å². The molecule has 0 saturated heterocycles. The second-order valence-electron chi connectivity index (χ2n) is 2.98. The SMILES string of the molecule is COc1cc([N+](=O)[O-])c(C=O)c(S(N)(=O)=O)c1. The van der Waals surface area contributed by atoms with Crippen LogP contribution in [0.4, 0.5) is 5.69 Å². The van der Waals surface area contributed by atoms with E-state index in [0.29, 0.717) is 0 Å². The summed E-state index contributed by atoms with van der Waals surface area (Å²) in [7, 11) is -3.05. The molecule has 0 aliphatic heterocycles. The maximum Gasteiger partial charge on any atom is 0.284 e. The molecule has 0 atom stereocenters. The fourth-order valence-electron chi connectivity index (χ4n) is 1.21. The topological polar surface area (TPSA) is 130 Å². The Hall–Kier alpha value is -2.00. The Bertz CT molecular complexity index is 580. The van der Waals surface area contributed by atoms with Crippen molar-refractivity contribution in [3.05, 3.63) is 27.8 Å². The van der Waals surface area contributed by atoms with Crippen LogP contribution in [0, 0.1) is 10.1 Å². The number of nitrogens with two attached hydrogens (primary N) is 1. The van der Waals surface area contributed by atoms with Crippen LogP contribution >= 0.6 is 0 Å². The van der Waals surface area contributed by atoms with Gasteiger partial charge in [-0.25, -0.2) is 13.6 Å². The van der Waals surface area contributed by atoms with Gasteiger partial charge < -0.3 is 4.74 Å². The first kappa shape index (κ1) is 13.1. The second kappa shape index (κ2) is 4.47. The number of rotatable bonds is 4. The van der Waals surface area contributed by atoms with Crippen LogP contribution in [0.1, 0.15) is 10.4 Å². The third kappa shape index (κ3) is 2.57. The molecular formula is C8H8N2O6S. The molecule has 9 heteroatoms. The van der Waals surface area contributed by atoms with E-state index in [9.17, 15) is 23.3 Å². The summed E-state index contributed by atoms with van der Waals surface area (Å²) in [6.07, 6.45) is 0.0668. The zero-order chi connectivity index (χ0) is 13.2. The maximum absolute atomic E-state index is 11.2. The first-order valence-electron chi connectivity index (χ1n) is 4.15. The maximum atomic E-state index is 11.2. The summed E-state index contributed by atoms with van der Waals surface area (Å²) in [5, 5.41) is 15.5. The predicted octanol–water partition coefficient (Wildman–Crippen LogP) is 0.0633. The van der Waals surface area contributed by atoms with Gasteiger partial charge in [0.05, 0.1) is 18.1 Å². The molecule has 0 aliphatic rings. The molecule has 0 heterocycles. The number of nitro benzene ring substituents is 1. The Balaban J connectivity index is 3.75. The quantitative estimate of drug-likeness (QED) is 0.463. The lowest BCUT2D eigenvalue weighted by Gasteiger charge is -2.06. The summed E-state index contributed by atoms with van der Waals surface area (Å²) >= 11 is 0. The molecule has 1 aromatic carbocycles. The second-order valence-corrected chi connectivity index (χ2v) is 4.51. The molecule has 17 heavy (non-hydrogen) atoms. The van der Waals surface area contributed by atoms with Crippen LogP contribution < -0.4 is 9.88 Å². The lowest BCUT2D eigenvalue weighted by Crippen LogP contribution is -2.15. The summed E-state index contributed by atoms with van der Waals surface area (Å²) in [4.78, 5) is 19.9. The predicted molar refractivity (Wildman–Crippen MR) is 56.4 cm³/mol. The monoisotopic (exact) mass is 260 g/mol. The highest BCUT2D eigenvalue weighted by atomic mass is 32.2. The summed E-state index contributed by atoms with van der Waals surface area (Å²) in [5.41, 5.74) is -1.28. The molecule has 2 N–H and O–H groups in total. The van der Waals surface area contributed by atoms with E-state index in [1.54, 1.807) is 0 Å². The van der Waals surface area contributed by atoms with Gasteiger partial charge in [-0.15, -0.1) is 0 Å². The van der Waals surface area contributed by atoms with E-state index in [4.69, 9.17) is 9.88 Å². The van der Waals surface area contributed by atoms with Gasteiger partial charge in [0.25, 0.3) is 5.69 Å². The average molecular weight is 260 g/mol. The molecule has 8 nitrogen and oxygen atoms in total. The minimum atomic E-state index is -4.25. The van der Waals surface area contributed by atoms with Crippen molar-refractivity contribution in [1.29, 1.82) is 0 Å². The highest BCUT2D eigenvalue weighted by Gasteiger charge is 2.25. The fraction of sp³-hybridized carbons (Fsp3) is 0.125. The Morgan fingerprint density at radius 3 is 2.41 bits per heavy atom. The normalized spacial score (nSPS) is 10.9. The van der Waals surface area contributed by atoms with Crippen LogP contribution in [0.2, 0.25) is 0 Å². The Kier molecular flexibility index (Phi) is 3.44.